The zero-order chi connectivity index (χ0) is 25.8. The van der Waals surface area contributed by atoms with Gasteiger partial charge in [-0.1, -0.05) is 24.9 Å². The summed E-state index contributed by atoms with van der Waals surface area (Å²) in [7, 11) is 0. The third kappa shape index (κ3) is 5.63. The Morgan fingerprint density at radius 2 is 2.00 bits per heavy atom. The van der Waals surface area contributed by atoms with Crippen molar-refractivity contribution in [1.29, 1.82) is 0 Å². The molecule has 4 aromatic rings. The van der Waals surface area contributed by atoms with Crippen molar-refractivity contribution in [3.8, 4) is 11.5 Å². The number of ether oxygens (including phenoxy) is 1. The molecule has 1 amide bonds. The fourth-order valence-electron chi connectivity index (χ4n) is 4.04. The molecule has 1 atom stereocenters. The minimum Gasteiger partial charge on any atom is -0.548 e. The van der Waals surface area contributed by atoms with Crippen LogP contribution in [0.3, 0.4) is 0 Å². The molecule has 0 unspecified atom stereocenters. The fourth-order valence-corrected chi connectivity index (χ4v) is 4.26. The Morgan fingerprint density at radius 3 is 2.75 bits per heavy atom. The Labute approximate surface area is 210 Å². The minimum absolute atomic E-state index is 0.0337. The monoisotopic (exact) mass is 511 g/mol. The van der Waals surface area contributed by atoms with Crippen LogP contribution in [0.25, 0.3) is 21.9 Å². The van der Waals surface area contributed by atoms with Crippen LogP contribution in [0.15, 0.2) is 51.8 Å². The summed E-state index contributed by atoms with van der Waals surface area (Å²) in [5.41, 5.74) is 1.90. The maximum absolute atomic E-state index is 12.5. The molecule has 188 valence electrons. The summed E-state index contributed by atoms with van der Waals surface area (Å²) in [6, 6.07) is 7.84. The number of amides is 1. The summed E-state index contributed by atoms with van der Waals surface area (Å²) in [4.78, 5) is 39.1. The third-order valence-corrected chi connectivity index (χ3v) is 6.13. The fraction of sp³-hybridized carbons (Fsp3) is 0.269. The van der Waals surface area contributed by atoms with Crippen molar-refractivity contribution in [1.82, 2.24) is 10.3 Å². The zero-order valence-corrected chi connectivity index (χ0v) is 20.2. The van der Waals surface area contributed by atoms with Crippen LogP contribution in [0.4, 0.5) is 0 Å². The Bertz CT molecular complexity index is 1490. The van der Waals surface area contributed by atoms with E-state index in [4.69, 9.17) is 20.8 Å². The number of phenols is 1. The molecule has 36 heavy (non-hydrogen) atoms. The lowest BCUT2D eigenvalue weighted by Crippen LogP contribution is -2.50. The van der Waals surface area contributed by atoms with Crippen LogP contribution in [0.1, 0.15) is 30.9 Å². The maximum Gasteiger partial charge on any atom is 0.336 e. The molecule has 0 bridgehead atoms. The molecule has 0 saturated carbocycles. The van der Waals surface area contributed by atoms with Crippen molar-refractivity contribution in [3.63, 3.8) is 0 Å². The lowest BCUT2D eigenvalue weighted by atomic mass is 10.0. The quantitative estimate of drug-likeness (QED) is 0.277. The summed E-state index contributed by atoms with van der Waals surface area (Å²) in [5.74, 6) is -2.03. The maximum atomic E-state index is 12.5. The Morgan fingerprint density at radius 1 is 1.19 bits per heavy atom. The van der Waals surface area contributed by atoms with Crippen LogP contribution < -0.4 is 20.8 Å². The molecule has 2 aromatic heterocycles. The number of carboxylic acids is 1. The number of aliphatic carboxylic acids is 1. The number of fused-ring (bicyclic) bond motifs is 2. The summed E-state index contributed by atoms with van der Waals surface area (Å²) < 4.78 is 10.8. The van der Waals surface area contributed by atoms with Gasteiger partial charge in [0.05, 0.1) is 17.0 Å². The van der Waals surface area contributed by atoms with E-state index in [1.807, 2.05) is 6.92 Å². The van der Waals surface area contributed by atoms with Crippen molar-refractivity contribution in [2.45, 2.75) is 38.6 Å². The highest BCUT2D eigenvalue weighted by atomic mass is 35.5. The normalized spacial score (nSPS) is 12.1. The number of halogens is 1. The summed E-state index contributed by atoms with van der Waals surface area (Å²) in [5, 5.41) is 25.3. The number of aromatic hydroxyl groups is 1. The SMILES string of the molecule is CCCCc1cc(=O)oc2cc(OCC(=O)N[C@H](Cc3c[nH]c4ccc(O)cc34)C(=O)[O-])c(Cl)cc12. The number of aromatic amines is 1. The van der Waals surface area contributed by atoms with E-state index in [9.17, 15) is 24.6 Å². The lowest BCUT2D eigenvalue weighted by Gasteiger charge is -2.20. The minimum atomic E-state index is -1.47. The molecule has 0 fully saturated rings. The van der Waals surface area contributed by atoms with Gasteiger partial charge in [0.15, 0.2) is 6.61 Å². The molecule has 2 aromatic carbocycles. The average molecular weight is 512 g/mol. The predicted octanol–water partition coefficient (Wildman–Crippen LogP) is 2.83. The highest BCUT2D eigenvalue weighted by molar-refractivity contribution is 6.32. The molecular weight excluding hydrogens is 488 g/mol. The van der Waals surface area contributed by atoms with Crippen molar-refractivity contribution in [2.24, 2.45) is 0 Å². The molecule has 0 aliphatic carbocycles. The number of nitrogens with one attached hydrogen (secondary N) is 2. The predicted molar refractivity (Wildman–Crippen MR) is 132 cm³/mol. The van der Waals surface area contributed by atoms with E-state index in [1.165, 1.54) is 24.3 Å². The van der Waals surface area contributed by atoms with Gasteiger partial charge in [-0.05, 0) is 48.2 Å². The number of aromatic nitrogens is 1. The van der Waals surface area contributed by atoms with Crippen LogP contribution in [0, 0.1) is 0 Å². The molecule has 9 nitrogen and oxygen atoms in total. The van der Waals surface area contributed by atoms with Gasteiger partial charge in [-0.3, -0.25) is 4.79 Å². The van der Waals surface area contributed by atoms with E-state index < -0.39 is 30.2 Å². The molecule has 0 aliphatic heterocycles. The zero-order valence-electron chi connectivity index (χ0n) is 19.4. The first kappa shape index (κ1) is 25.1. The summed E-state index contributed by atoms with van der Waals surface area (Å²) in [6.07, 6.45) is 4.09. The van der Waals surface area contributed by atoms with Crippen molar-refractivity contribution in [2.75, 3.05) is 6.61 Å². The van der Waals surface area contributed by atoms with Crippen LogP contribution in [-0.4, -0.2) is 34.6 Å². The molecule has 2 heterocycles. The molecule has 10 heteroatoms. The number of rotatable bonds is 10. The van der Waals surface area contributed by atoms with Crippen molar-refractivity contribution in [3.05, 3.63) is 69.2 Å². The second kappa shape index (κ2) is 10.7. The van der Waals surface area contributed by atoms with Crippen LogP contribution in [0.2, 0.25) is 5.02 Å². The van der Waals surface area contributed by atoms with Gasteiger partial charge in [-0.25, -0.2) is 4.79 Å². The molecule has 3 N–H and O–H groups in total. The number of aryl methyl sites for hydroxylation is 1. The first-order valence-electron chi connectivity index (χ1n) is 11.4. The number of hydrogen-bond acceptors (Lipinski definition) is 7. The molecule has 0 aliphatic rings. The number of phenolic OH excluding ortho intramolecular Hbond substituents is 1. The van der Waals surface area contributed by atoms with E-state index in [0.717, 1.165) is 18.4 Å². The van der Waals surface area contributed by atoms with E-state index in [2.05, 4.69) is 10.3 Å². The number of H-pyrrole nitrogens is 1. The smallest absolute Gasteiger partial charge is 0.336 e. The number of carbonyl (C=O) groups is 2. The average Bonchev–Trinajstić information content (AvgIpc) is 3.22. The molecule has 0 saturated heterocycles. The summed E-state index contributed by atoms with van der Waals surface area (Å²) in [6.45, 7) is 1.53. The van der Waals surface area contributed by atoms with Gasteiger partial charge < -0.3 is 34.5 Å². The molecule has 4 rings (SSSR count). The third-order valence-electron chi connectivity index (χ3n) is 5.84. The van der Waals surface area contributed by atoms with Crippen molar-refractivity contribution < 1.29 is 29.0 Å². The van der Waals surface area contributed by atoms with E-state index in [1.54, 1.807) is 18.3 Å². The first-order valence-corrected chi connectivity index (χ1v) is 11.8. The van der Waals surface area contributed by atoms with E-state index in [0.29, 0.717) is 28.3 Å². The van der Waals surface area contributed by atoms with Gasteiger partial charge in [0.1, 0.15) is 17.1 Å². The van der Waals surface area contributed by atoms with Gasteiger partial charge in [0, 0.05) is 41.0 Å². The van der Waals surface area contributed by atoms with Crippen LogP contribution >= 0.6 is 11.6 Å². The van der Waals surface area contributed by atoms with E-state index >= 15 is 0 Å². The number of benzene rings is 2. The number of carboxylic acid groups (broad SMARTS) is 1. The lowest BCUT2D eigenvalue weighted by molar-refractivity contribution is -0.308. The van der Waals surface area contributed by atoms with Gasteiger partial charge in [0.2, 0.25) is 0 Å². The largest absolute Gasteiger partial charge is 0.548 e. The standard InChI is InChI=1S/C26H25ClN2O7/c1-2-3-4-14-8-25(32)36-22-11-23(19(27)10-18(14)22)35-13-24(31)29-21(26(33)34)7-15-12-28-20-6-5-16(30)9-17(15)20/h5-6,8-12,21,28,30H,2-4,7,13H2,1H3,(H,29,31)(H,33,34)/p-1/t21-/m1/s1. The van der Waals surface area contributed by atoms with Gasteiger partial charge in [-0.2, -0.15) is 0 Å². The summed E-state index contributed by atoms with van der Waals surface area (Å²) >= 11 is 6.35. The first-order chi connectivity index (χ1) is 17.2. The van der Waals surface area contributed by atoms with E-state index in [-0.39, 0.29) is 28.5 Å². The second-order valence-electron chi connectivity index (χ2n) is 8.45. The van der Waals surface area contributed by atoms with Crippen LogP contribution in [-0.2, 0) is 22.4 Å². The van der Waals surface area contributed by atoms with Gasteiger partial charge in [0.25, 0.3) is 5.91 Å². The number of hydrogen-bond donors (Lipinski definition) is 3. The number of carbonyl (C=O) groups excluding carboxylic acids is 2. The molecule has 0 spiro atoms. The Kier molecular flexibility index (Phi) is 7.49. The topological polar surface area (TPSA) is 145 Å². The molecular formula is C26H24ClN2O7-. The van der Waals surface area contributed by atoms with Gasteiger partial charge >= 0.3 is 5.63 Å². The van der Waals surface area contributed by atoms with Crippen LogP contribution in [0.5, 0.6) is 11.5 Å². The Balaban J connectivity index is 1.46. The number of unbranched alkanes of at least 4 members (excludes halogenated alkanes) is 1. The second-order valence-corrected chi connectivity index (χ2v) is 8.86. The van der Waals surface area contributed by atoms with Crippen molar-refractivity contribution >= 4 is 45.3 Å². The highest BCUT2D eigenvalue weighted by Gasteiger charge is 2.18. The van der Waals surface area contributed by atoms with Gasteiger partial charge in [-0.15, -0.1) is 0 Å². The highest BCUT2D eigenvalue weighted by Crippen LogP contribution is 2.31. The molecule has 0 radical (unpaired) electrons. The Hall–Kier alpha value is -3.98.